The molecule has 1 amide bonds. The van der Waals surface area contributed by atoms with Crippen LogP contribution < -0.4 is 10.8 Å². The first kappa shape index (κ1) is 17.4. The lowest BCUT2D eigenvalue weighted by Gasteiger charge is -2.32. The van der Waals surface area contributed by atoms with E-state index in [2.05, 4.69) is 5.32 Å². The predicted octanol–water partition coefficient (Wildman–Crippen LogP) is 2.80. The molecule has 1 aromatic carbocycles. The number of hydrogen-bond acceptors (Lipinski definition) is 3. The minimum Gasteiger partial charge on any atom is -0.399 e. The van der Waals surface area contributed by atoms with Crippen LogP contribution in [0.1, 0.15) is 63.7 Å². The molecule has 1 aliphatic carbocycles. The van der Waals surface area contributed by atoms with Crippen LogP contribution in [-0.2, 0) is 9.31 Å². The maximum absolute atomic E-state index is 14.3. The van der Waals surface area contributed by atoms with Gasteiger partial charge in [-0.15, -0.1) is 0 Å². The summed E-state index contributed by atoms with van der Waals surface area (Å²) in [5.41, 5.74) is -0.390. The van der Waals surface area contributed by atoms with Crippen molar-refractivity contribution in [3.63, 3.8) is 0 Å². The molecule has 0 unspecified atom stereocenters. The molecule has 1 saturated carbocycles. The van der Waals surface area contributed by atoms with E-state index in [1.54, 1.807) is 6.07 Å². The van der Waals surface area contributed by atoms with Gasteiger partial charge in [-0.25, -0.2) is 4.39 Å². The third-order valence-corrected chi connectivity index (χ3v) is 5.46. The highest BCUT2D eigenvalue weighted by atomic mass is 19.1. The Labute approximate surface area is 143 Å². The molecule has 0 radical (unpaired) electrons. The fraction of sp³-hybridized carbons (Fsp3) is 0.611. The molecule has 1 N–H and O–H groups in total. The van der Waals surface area contributed by atoms with Gasteiger partial charge in [0.2, 0.25) is 0 Å². The number of benzene rings is 1. The van der Waals surface area contributed by atoms with Crippen LogP contribution in [0.2, 0.25) is 0 Å². The average Bonchev–Trinajstić information content (AvgIpc) is 3.05. The van der Waals surface area contributed by atoms with Crippen LogP contribution in [0.15, 0.2) is 18.2 Å². The standard InChI is InChI=1S/C18H25BFNO3/c1-17(2)18(3,4)24-19(23-17)14-11-12(9-10-15(14)20)16(22)21-13-7-5-6-8-13/h9-11,13H,5-8H2,1-4H3,(H,21,22). The van der Waals surface area contributed by atoms with Crippen LogP contribution in [0.3, 0.4) is 0 Å². The van der Waals surface area contributed by atoms with Crippen molar-refractivity contribution in [2.24, 2.45) is 0 Å². The summed E-state index contributed by atoms with van der Waals surface area (Å²) in [6.07, 6.45) is 4.31. The van der Waals surface area contributed by atoms with Gasteiger partial charge < -0.3 is 14.6 Å². The number of carbonyl (C=O) groups excluding carboxylic acids is 1. The Morgan fingerprint density at radius 1 is 1.17 bits per heavy atom. The highest BCUT2D eigenvalue weighted by Gasteiger charge is 2.52. The molecule has 130 valence electrons. The fourth-order valence-corrected chi connectivity index (χ4v) is 3.17. The van der Waals surface area contributed by atoms with E-state index in [1.165, 1.54) is 12.1 Å². The summed E-state index contributed by atoms with van der Waals surface area (Å²) in [5.74, 6) is -0.592. The fourth-order valence-electron chi connectivity index (χ4n) is 3.17. The third-order valence-electron chi connectivity index (χ3n) is 5.46. The Hall–Kier alpha value is -1.40. The quantitative estimate of drug-likeness (QED) is 0.866. The number of hydrogen-bond donors (Lipinski definition) is 1. The smallest absolute Gasteiger partial charge is 0.399 e. The van der Waals surface area contributed by atoms with Crippen LogP contribution in [0, 0.1) is 5.82 Å². The van der Waals surface area contributed by atoms with Gasteiger partial charge in [0.05, 0.1) is 11.2 Å². The number of rotatable bonds is 3. The second-order valence-electron chi connectivity index (χ2n) is 7.78. The Balaban J connectivity index is 1.81. The molecule has 1 saturated heterocycles. The molecule has 1 aromatic rings. The van der Waals surface area contributed by atoms with Crippen molar-refractivity contribution in [2.45, 2.75) is 70.6 Å². The van der Waals surface area contributed by atoms with Gasteiger partial charge in [0.25, 0.3) is 5.91 Å². The molecule has 0 aromatic heterocycles. The molecular formula is C18H25BFNO3. The minimum absolute atomic E-state index is 0.167. The van der Waals surface area contributed by atoms with Crippen LogP contribution in [0.25, 0.3) is 0 Å². The normalized spacial score (nSPS) is 22.8. The molecule has 24 heavy (non-hydrogen) atoms. The van der Waals surface area contributed by atoms with E-state index in [4.69, 9.17) is 9.31 Å². The van der Waals surface area contributed by atoms with Crippen molar-refractivity contribution in [2.75, 3.05) is 0 Å². The van der Waals surface area contributed by atoms with Crippen LogP contribution in [0.4, 0.5) is 4.39 Å². The van der Waals surface area contributed by atoms with Gasteiger partial charge in [0.15, 0.2) is 0 Å². The largest absolute Gasteiger partial charge is 0.497 e. The zero-order valence-electron chi connectivity index (χ0n) is 14.8. The molecule has 3 rings (SSSR count). The van der Waals surface area contributed by atoms with E-state index < -0.39 is 24.1 Å². The van der Waals surface area contributed by atoms with Gasteiger partial charge in [-0.1, -0.05) is 12.8 Å². The van der Waals surface area contributed by atoms with Crippen molar-refractivity contribution >= 4 is 18.5 Å². The van der Waals surface area contributed by atoms with E-state index in [0.717, 1.165) is 25.7 Å². The highest BCUT2D eigenvalue weighted by molar-refractivity contribution is 6.62. The molecule has 6 heteroatoms. The average molecular weight is 333 g/mol. The van der Waals surface area contributed by atoms with E-state index >= 15 is 0 Å². The monoisotopic (exact) mass is 333 g/mol. The zero-order valence-corrected chi connectivity index (χ0v) is 14.8. The van der Waals surface area contributed by atoms with Crippen molar-refractivity contribution < 1.29 is 18.5 Å². The van der Waals surface area contributed by atoms with Crippen LogP contribution in [0.5, 0.6) is 0 Å². The van der Waals surface area contributed by atoms with Crippen LogP contribution in [-0.4, -0.2) is 30.3 Å². The van der Waals surface area contributed by atoms with E-state index in [-0.39, 0.29) is 17.4 Å². The lowest BCUT2D eigenvalue weighted by molar-refractivity contribution is 0.00578. The van der Waals surface area contributed by atoms with E-state index in [1.807, 2.05) is 27.7 Å². The van der Waals surface area contributed by atoms with Gasteiger partial charge >= 0.3 is 7.12 Å². The second kappa shape index (κ2) is 6.15. The van der Waals surface area contributed by atoms with Crippen molar-refractivity contribution in [1.82, 2.24) is 5.32 Å². The topological polar surface area (TPSA) is 47.6 Å². The lowest BCUT2D eigenvalue weighted by atomic mass is 9.78. The number of nitrogens with one attached hydrogen (secondary N) is 1. The first-order chi connectivity index (χ1) is 11.2. The SMILES string of the molecule is CC1(C)OB(c2cc(C(=O)NC3CCCC3)ccc2F)OC1(C)C. The van der Waals surface area contributed by atoms with Crippen molar-refractivity contribution in [3.8, 4) is 0 Å². The first-order valence-corrected chi connectivity index (χ1v) is 8.65. The molecule has 2 fully saturated rings. The number of carbonyl (C=O) groups is 1. The van der Waals surface area contributed by atoms with E-state index in [9.17, 15) is 9.18 Å². The number of halogens is 1. The number of amides is 1. The Bertz CT molecular complexity index is 625. The minimum atomic E-state index is -0.811. The Morgan fingerprint density at radius 2 is 1.75 bits per heavy atom. The first-order valence-electron chi connectivity index (χ1n) is 8.65. The lowest BCUT2D eigenvalue weighted by Crippen LogP contribution is -2.41. The summed E-state index contributed by atoms with van der Waals surface area (Å²) in [5, 5.41) is 3.02. The molecule has 4 nitrogen and oxygen atoms in total. The molecule has 0 atom stereocenters. The third kappa shape index (κ3) is 3.22. The van der Waals surface area contributed by atoms with Crippen LogP contribution >= 0.6 is 0 Å². The van der Waals surface area contributed by atoms with E-state index in [0.29, 0.717) is 5.56 Å². The molecular weight excluding hydrogens is 308 g/mol. The van der Waals surface area contributed by atoms with Crippen molar-refractivity contribution in [3.05, 3.63) is 29.6 Å². The summed E-state index contributed by atoms with van der Waals surface area (Å²) in [6, 6.07) is 4.59. The highest BCUT2D eigenvalue weighted by Crippen LogP contribution is 2.36. The van der Waals surface area contributed by atoms with Gasteiger partial charge in [0, 0.05) is 17.1 Å². The summed E-state index contributed by atoms with van der Waals surface area (Å²) in [7, 11) is -0.811. The second-order valence-corrected chi connectivity index (χ2v) is 7.78. The van der Waals surface area contributed by atoms with Gasteiger partial charge in [-0.3, -0.25) is 4.79 Å². The molecule has 2 aliphatic rings. The summed E-state index contributed by atoms with van der Waals surface area (Å²) in [6.45, 7) is 7.67. The van der Waals surface area contributed by atoms with Gasteiger partial charge in [-0.2, -0.15) is 0 Å². The molecule has 0 bridgehead atoms. The maximum Gasteiger partial charge on any atom is 0.497 e. The summed E-state index contributed by atoms with van der Waals surface area (Å²) in [4.78, 5) is 12.4. The molecule has 0 spiro atoms. The van der Waals surface area contributed by atoms with Gasteiger partial charge in [0.1, 0.15) is 5.82 Å². The van der Waals surface area contributed by atoms with Gasteiger partial charge in [-0.05, 0) is 58.7 Å². The Kier molecular flexibility index (Phi) is 4.47. The zero-order chi connectivity index (χ0) is 17.5. The Morgan fingerprint density at radius 3 is 2.33 bits per heavy atom. The summed E-state index contributed by atoms with van der Waals surface area (Å²) < 4.78 is 26.1. The maximum atomic E-state index is 14.3. The predicted molar refractivity (Wildman–Crippen MR) is 91.8 cm³/mol. The van der Waals surface area contributed by atoms with Crippen molar-refractivity contribution in [1.29, 1.82) is 0 Å². The molecule has 1 heterocycles. The summed E-state index contributed by atoms with van der Waals surface area (Å²) >= 11 is 0. The molecule has 1 aliphatic heterocycles.